The summed E-state index contributed by atoms with van der Waals surface area (Å²) in [6.07, 6.45) is 1.99. The van der Waals surface area contributed by atoms with Crippen molar-refractivity contribution in [3.05, 3.63) is 29.8 Å². The van der Waals surface area contributed by atoms with Crippen LogP contribution in [0.25, 0.3) is 0 Å². The Balaban J connectivity index is 1.73. The number of sulfonamides is 1. The highest BCUT2D eigenvalue weighted by Gasteiger charge is 2.15. The highest BCUT2D eigenvalue weighted by Crippen LogP contribution is 2.12. The predicted molar refractivity (Wildman–Crippen MR) is 100 cm³/mol. The van der Waals surface area contributed by atoms with Crippen LogP contribution in [0.5, 0.6) is 0 Å². The molecule has 0 aliphatic carbocycles. The van der Waals surface area contributed by atoms with Crippen molar-refractivity contribution in [2.24, 2.45) is 0 Å². The van der Waals surface area contributed by atoms with E-state index in [1.165, 1.54) is 0 Å². The fourth-order valence-electron chi connectivity index (χ4n) is 2.87. The molecule has 1 aromatic carbocycles. The van der Waals surface area contributed by atoms with Gasteiger partial charge in [0, 0.05) is 44.0 Å². The first-order valence-corrected chi connectivity index (χ1v) is 10.6. The molecule has 0 aromatic heterocycles. The lowest BCUT2D eigenvalue weighted by Crippen LogP contribution is -2.46. The topological polar surface area (TPSA) is 81.8 Å². The Morgan fingerprint density at radius 1 is 1.16 bits per heavy atom. The third-order valence-corrected chi connectivity index (χ3v) is 4.88. The van der Waals surface area contributed by atoms with Gasteiger partial charge < -0.3 is 15.1 Å². The van der Waals surface area contributed by atoms with E-state index in [0.717, 1.165) is 51.9 Å². The molecule has 0 atom stereocenters. The molecular formula is C17H28N4O3S. The third-order valence-electron chi connectivity index (χ3n) is 4.28. The molecule has 0 saturated carbocycles. The average molecular weight is 369 g/mol. The summed E-state index contributed by atoms with van der Waals surface area (Å²) in [6.45, 7) is 9.28. The molecule has 8 heteroatoms. The van der Waals surface area contributed by atoms with Crippen LogP contribution in [-0.2, 0) is 10.0 Å². The van der Waals surface area contributed by atoms with Crippen molar-refractivity contribution in [1.29, 1.82) is 0 Å². The summed E-state index contributed by atoms with van der Waals surface area (Å²) in [5, 5.41) is 2.90. The van der Waals surface area contributed by atoms with Crippen molar-refractivity contribution in [1.82, 2.24) is 15.1 Å². The van der Waals surface area contributed by atoms with E-state index in [0.29, 0.717) is 17.8 Å². The van der Waals surface area contributed by atoms with Gasteiger partial charge in [-0.15, -0.1) is 0 Å². The van der Waals surface area contributed by atoms with E-state index < -0.39 is 10.0 Å². The van der Waals surface area contributed by atoms with Crippen molar-refractivity contribution < 1.29 is 13.2 Å². The first-order chi connectivity index (χ1) is 11.9. The number of nitrogens with one attached hydrogen (secondary N) is 2. The minimum Gasteiger partial charge on any atom is -0.352 e. The van der Waals surface area contributed by atoms with Gasteiger partial charge in [0.2, 0.25) is 10.0 Å². The largest absolute Gasteiger partial charge is 0.352 e. The molecule has 1 aliphatic heterocycles. The normalized spacial score (nSPS) is 16.6. The number of hydrogen-bond acceptors (Lipinski definition) is 5. The van der Waals surface area contributed by atoms with Gasteiger partial charge in [-0.2, -0.15) is 0 Å². The zero-order valence-corrected chi connectivity index (χ0v) is 15.8. The Bertz CT molecular complexity index is 670. The number of rotatable bonds is 8. The number of anilines is 1. The number of nitrogens with zero attached hydrogens (tertiary/aromatic N) is 2. The number of piperazine rings is 1. The van der Waals surface area contributed by atoms with E-state index in [9.17, 15) is 13.2 Å². The molecular weight excluding hydrogens is 340 g/mol. The molecule has 2 N–H and O–H groups in total. The summed E-state index contributed by atoms with van der Waals surface area (Å²) in [7, 11) is -3.35. The van der Waals surface area contributed by atoms with E-state index in [1.54, 1.807) is 24.3 Å². The summed E-state index contributed by atoms with van der Waals surface area (Å²) in [6, 6.07) is 6.50. The SMILES string of the molecule is CCN1CCN(CCCNC(=O)c2cccc(NS(C)(=O)=O)c2)CC1. The molecule has 1 fully saturated rings. The fraction of sp³-hybridized carbons (Fsp3) is 0.588. The molecule has 2 rings (SSSR count). The second-order valence-electron chi connectivity index (χ2n) is 6.34. The van der Waals surface area contributed by atoms with Gasteiger partial charge in [-0.1, -0.05) is 13.0 Å². The van der Waals surface area contributed by atoms with Crippen LogP contribution >= 0.6 is 0 Å². The van der Waals surface area contributed by atoms with Crippen LogP contribution < -0.4 is 10.0 Å². The van der Waals surface area contributed by atoms with Gasteiger partial charge in [-0.25, -0.2) is 8.42 Å². The molecule has 7 nitrogen and oxygen atoms in total. The maximum atomic E-state index is 12.2. The number of carbonyl (C=O) groups excluding carboxylic acids is 1. The number of carbonyl (C=O) groups is 1. The molecule has 0 bridgehead atoms. The van der Waals surface area contributed by atoms with E-state index >= 15 is 0 Å². The van der Waals surface area contributed by atoms with Crippen LogP contribution in [0.2, 0.25) is 0 Å². The van der Waals surface area contributed by atoms with Crippen molar-refractivity contribution in [2.75, 3.05) is 56.8 Å². The quantitative estimate of drug-likeness (QED) is 0.664. The van der Waals surface area contributed by atoms with Crippen molar-refractivity contribution in [3.63, 3.8) is 0 Å². The molecule has 1 aliphatic rings. The molecule has 140 valence electrons. The van der Waals surface area contributed by atoms with E-state index in [4.69, 9.17) is 0 Å². The summed E-state index contributed by atoms with van der Waals surface area (Å²) < 4.78 is 24.9. The minimum atomic E-state index is -3.35. The Kier molecular flexibility index (Phi) is 7.22. The van der Waals surface area contributed by atoms with Gasteiger partial charge in [0.05, 0.1) is 6.26 Å². The first-order valence-electron chi connectivity index (χ1n) is 8.68. The van der Waals surface area contributed by atoms with Crippen molar-refractivity contribution in [3.8, 4) is 0 Å². The molecule has 25 heavy (non-hydrogen) atoms. The molecule has 0 unspecified atom stereocenters. The van der Waals surface area contributed by atoms with Crippen molar-refractivity contribution >= 4 is 21.6 Å². The number of hydrogen-bond donors (Lipinski definition) is 2. The summed E-state index contributed by atoms with van der Waals surface area (Å²) >= 11 is 0. The van der Waals surface area contributed by atoms with Gasteiger partial charge in [-0.3, -0.25) is 9.52 Å². The second kappa shape index (κ2) is 9.17. The van der Waals surface area contributed by atoms with Crippen LogP contribution in [0.4, 0.5) is 5.69 Å². The van der Waals surface area contributed by atoms with Crippen LogP contribution in [0, 0.1) is 0 Å². The highest BCUT2D eigenvalue weighted by atomic mass is 32.2. The zero-order valence-electron chi connectivity index (χ0n) is 15.0. The maximum Gasteiger partial charge on any atom is 0.251 e. The number of benzene rings is 1. The van der Waals surface area contributed by atoms with E-state index in [2.05, 4.69) is 26.8 Å². The minimum absolute atomic E-state index is 0.187. The lowest BCUT2D eigenvalue weighted by Gasteiger charge is -2.33. The first kappa shape index (κ1) is 19.7. The Labute approximate surface area is 150 Å². The standard InChI is InChI=1S/C17H28N4O3S/c1-3-20-10-12-21(13-11-20)9-5-8-18-17(22)15-6-4-7-16(14-15)19-25(2,23)24/h4,6-7,14,19H,3,5,8-13H2,1-2H3,(H,18,22). The van der Waals surface area contributed by atoms with Crippen LogP contribution in [0.3, 0.4) is 0 Å². The zero-order chi connectivity index (χ0) is 18.3. The molecule has 1 amide bonds. The Hall–Kier alpha value is -1.64. The lowest BCUT2D eigenvalue weighted by molar-refractivity contribution is 0.0948. The maximum absolute atomic E-state index is 12.2. The van der Waals surface area contributed by atoms with Crippen LogP contribution in [0.15, 0.2) is 24.3 Å². The van der Waals surface area contributed by atoms with Gasteiger partial charge in [0.1, 0.15) is 0 Å². The van der Waals surface area contributed by atoms with Gasteiger partial charge >= 0.3 is 0 Å². The third kappa shape index (κ3) is 7.01. The monoisotopic (exact) mass is 368 g/mol. The predicted octanol–water partition coefficient (Wildman–Crippen LogP) is 0.816. The van der Waals surface area contributed by atoms with Gasteiger partial charge in [0.25, 0.3) is 5.91 Å². The smallest absolute Gasteiger partial charge is 0.251 e. The van der Waals surface area contributed by atoms with Crippen LogP contribution in [-0.4, -0.2) is 76.2 Å². The average Bonchev–Trinajstić information content (AvgIpc) is 2.58. The molecule has 0 radical (unpaired) electrons. The van der Waals surface area contributed by atoms with Crippen molar-refractivity contribution in [2.45, 2.75) is 13.3 Å². The van der Waals surface area contributed by atoms with Gasteiger partial charge in [-0.05, 0) is 37.7 Å². The second-order valence-corrected chi connectivity index (χ2v) is 8.09. The molecule has 0 spiro atoms. The summed E-state index contributed by atoms with van der Waals surface area (Å²) in [5.41, 5.74) is 0.842. The van der Waals surface area contributed by atoms with E-state index in [1.807, 2.05) is 0 Å². The molecule has 1 saturated heterocycles. The van der Waals surface area contributed by atoms with E-state index in [-0.39, 0.29) is 5.91 Å². The lowest BCUT2D eigenvalue weighted by atomic mass is 10.2. The Morgan fingerprint density at radius 2 is 1.84 bits per heavy atom. The fourth-order valence-corrected chi connectivity index (χ4v) is 3.43. The number of amides is 1. The number of likely N-dealkylation sites (N-methyl/N-ethyl adjacent to an activating group) is 1. The molecule has 1 aromatic rings. The van der Waals surface area contributed by atoms with Crippen LogP contribution in [0.1, 0.15) is 23.7 Å². The summed E-state index contributed by atoms with van der Waals surface area (Å²) in [4.78, 5) is 17.1. The highest BCUT2D eigenvalue weighted by molar-refractivity contribution is 7.92. The summed E-state index contributed by atoms with van der Waals surface area (Å²) in [5.74, 6) is -0.187. The Morgan fingerprint density at radius 3 is 2.48 bits per heavy atom. The van der Waals surface area contributed by atoms with Gasteiger partial charge in [0.15, 0.2) is 0 Å². The molecule has 1 heterocycles.